The van der Waals surface area contributed by atoms with Crippen LogP contribution in [0.3, 0.4) is 0 Å². The van der Waals surface area contributed by atoms with Crippen molar-refractivity contribution >= 4 is 0 Å². The molecule has 2 aliphatic heterocycles. The standard InChI is InChI=1S/C24H28N4O3/c1-27-15-20(23(26-27)18-4-5-21-22(13-18)31-12-11-30-21)16-28-9-6-17(7-10-28)24(29)19-3-2-8-25-14-19/h2-5,8,13-15,17,24,29H,6-7,9-12,16H2,1H3. The molecule has 0 saturated carbocycles. The first-order chi connectivity index (χ1) is 15.2. The highest BCUT2D eigenvalue weighted by atomic mass is 16.6. The van der Waals surface area contributed by atoms with Gasteiger partial charge in [-0.2, -0.15) is 5.10 Å². The van der Waals surface area contributed by atoms with E-state index in [0.29, 0.717) is 13.2 Å². The van der Waals surface area contributed by atoms with Gasteiger partial charge in [0.25, 0.3) is 0 Å². The van der Waals surface area contributed by atoms with E-state index in [1.807, 2.05) is 36.0 Å². The Kier molecular flexibility index (Phi) is 5.61. The van der Waals surface area contributed by atoms with E-state index in [4.69, 9.17) is 14.6 Å². The van der Waals surface area contributed by atoms with Gasteiger partial charge in [0.1, 0.15) is 13.2 Å². The molecule has 1 unspecified atom stereocenters. The molecule has 31 heavy (non-hydrogen) atoms. The van der Waals surface area contributed by atoms with Crippen molar-refractivity contribution in [3.8, 4) is 22.8 Å². The predicted octanol–water partition coefficient (Wildman–Crippen LogP) is 3.20. The smallest absolute Gasteiger partial charge is 0.162 e. The van der Waals surface area contributed by atoms with E-state index >= 15 is 0 Å². The molecule has 1 aromatic carbocycles. The number of piperidine rings is 1. The van der Waals surface area contributed by atoms with Crippen molar-refractivity contribution < 1.29 is 14.6 Å². The molecule has 1 fully saturated rings. The molecule has 2 aliphatic rings. The number of aryl methyl sites for hydroxylation is 1. The van der Waals surface area contributed by atoms with Gasteiger partial charge in [0.2, 0.25) is 0 Å². The minimum Gasteiger partial charge on any atom is -0.486 e. The Balaban J connectivity index is 1.27. The number of hydrogen-bond donors (Lipinski definition) is 1. The highest BCUT2D eigenvalue weighted by Crippen LogP contribution is 2.36. The van der Waals surface area contributed by atoms with Crippen LogP contribution in [-0.2, 0) is 13.6 Å². The molecule has 0 bridgehead atoms. The summed E-state index contributed by atoms with van der Waals surface area (Å²) in [5, 5.41) is 15.4. The molecule has 7 heteroatoms. The first kappa shape index (κ1) is 20.0. The van der Waals surface area contributed by atoms with E-state index < -0.39 is 6.10 Å². The maximum Gasteiger partial charge on any atom is 0.162 e. The highest BCUT2D eigenvalue weighted by Gasteiger charge is 2.27. The summed E-state index contributed by atoms with van der Waals surface area (Å²) in [6, 6.07) is 9.88. The second kappa shape index (κ2) is 8.69. The molecule has 0 spiro atoms. The van der Waals surface area contributed by atoms with Gasteiger partial charge in [0.15, 0.2) is 11.5 Å². The van der Waals surface area contributed by atoms with Gasteiger partial charge in [-0.15, -0.1) is 0 Å². The average Bonchev–Trinajstić information content (AvgIpc) is 3.19. The lowest BCUT2D eigenvalue weighted by molar-refractivity contribution is 0.0566. The summed E-state index contributed by atoms with van der Waals surface area (Å²) in [6.45, 7) is 3.92. The number of aliphatic hydroxyl groups excluding tert-OH is 1. The Hall–Kier alpha value is -2.90. The molecule has 1 atom stereocenters. The van der Waals surface area contributed by atoms with Crippen LogP contribution in [-0.4, -0.2) is 51.1 Å². The Morgan fingerprint density at radius 2 is 1.94 bits per heavy atom. The minimum absolute atomic E-state index is 0.270. The third kappa shape index (κ3) is 4.29. The van der Waals surface area contributed by atoms with Crippen LogP contribution < -0.4 is 9.47 Å². The van der Waals surface area contributed by atoms with Gasteiger partial charge in [-0.1, -0.05) is 6.07 Å². The predicted molar refractivity (Wildman–Crippen MR) is 117 cm³/mol. The quantitative estimate of drug-likeness (QED) is 0.683. The van der Waals surface area contributed by atoms with Crippen LogP contribution in [0.25, 0.3) is 11.3 Å². The second-order valence-corrected chi connectivity index (χ2v) is 8.38. The molecule has 2 aromatic heterocycles. The highest BCUT2D eigenvalue weighted by molar-refractivity contribution is 5.66. The number of rotatable bonds is 5. The van der Waals surface area contributed by atoms with Gasteiger partial charge >= 0.3 is 0 Å². The molecule has 1 N–H and O–H groups in total. The van der Waals surface area contributed by atoms with E-state index in [9.17, 15) is 5.11 Å². The van der Waals surface area contributed by atoms with Crippen LogP contribution in [0.2, 0.25) is 0 Å². The molecule has 3 aromatic rings. The van der Waals surface area contributed by atoms with Gasteiger partial charge < -0.3 is 14.6 Å². The van der Waals surface area contributed by atoms with E-state index in [1.165, 1.54) is 5.56 Å². The van der Waals surface area contributed by atoms with Crippen LogP contribution >= 0.6 is 0 Å². The summed E-state index contributed by atoms with van der Waals surface area (Å²) >= 11 is 0. The summed E-state index contributed by atoms with van der Waals surface area (Å²) in [6.07, 6.45) is 7.11. The molecule has 1 saturated heterocycles. The first-order valence-electron chi connectivity index (χ1n) is 10.9. The molecule has 0 amide bonds. The number of nitrogens with zero attached hydrogens (tertiary/aromatic N) is 4. The minimum atomic E-state index is -0.442. The lowest BCUT2D eigenvalue weighted by Gasteiger charge is -2.34. The van der Waals surface area contributed by atoms with Gasteiger partial charge in [0, 0.05) is 43.3 Å². The zero-order valence-corrected chi connectivity index (χ0v) is 17.8. The Morgan fingerprint density at radius 3 is 2.71 bits per heavy atom. The lowest BCUT2D eigenvalue weighted by atomic mass is 9.88. The second-order valence-electron chi connectivity index (χ2n) is 8.38. The third-order valence-corrected chi connectivity index (χ3v) is 6.22. The number of ether oxygens (including phenoxy) is 2. The molecule has 5 rings (SSSR count). The van der Waals surface area contributed by atoms with Crippen molar-refractivity contribution in [2.45, 2.75) is 25.5 Å². The number of aliphatic hydroxyl groups is 1. The van der Waals surface area contributed by atoms with Gasteiger partial charge in [0.05, 0.1) is 11.8 Å². The fraction of sp³-hybridized carbons (Fsp3) is 0.417. The number of hydrogen-bond acceptors (Lipinski definition) is 6. The summed E-state index contributed by atoms with van der Waals surface area (Å²) in [4.78, 5) is 6.59. The number of benzene rings is 1. The molecule has 4 heterocycles. The van der Waals surface area contributed by atoms with Gasteiger partial charge in [-0.05, 0) is 61.7 Å². The van der Waals surface area contributed by atoms with E-state index in [-0.39, 0.29) is 5.92 Å². The molecule has 0 radical (unpaired) electrons. The Morgan fingerprint density at radius 1 is 1.13 bits per heavy atom. The SMILES string of the molecule is Cn1cc(CN2CCC(C(O)c3cccnc3)CC2)c(-c2ccc3c(c2)OCCO3)n1. The fourth-order valence-corrected chi connectivity index (χ4v) is 4.58. The molecular formula is C24H28N4O3. The monoisotopic (exact) mass is 420 g/mol. The van der Waals surface area contributed by atoms with Crippen LogP contribution in [0.15, 0.2) is 48.9 Å². The topological polar surface area (TPSA) is 72.6 Å². The van der Waals surface area contributed by atoms with Gasteiger partial charge in [-0.25, -0.2) is 0 Å². The number of fused-ring (bicyclic) bond motifs is 1. The van der Waals surface area contributed by atoms with Crippen molar-refractivity contribution in [3.63, 3.8) is 0 Å². The van der Waals surface area contributed by atoms with E-state index in [0.717, 1.165) is 60.8 Å². The van der Waals surface area contributed by atoms with Crippen molar-refractivity contribution in [1.82, 2.24) is 19.7 Å². The number of pyridine rings is 1. The summed E-state index contributed by atoms with van der Waals surface area (Å²) in [7, 11) is 1.96. The lowest BCUT2D eigenvalue weighted by Crippen LogP contribution is -2.35. The van der Waals surface area contributed by atoms with E-state index in [2.05, 4.69) is 22.1 Å². The number of aromatic nitrogens is 3. The average molecular weight is 421 g/mol. The zero-order valence-electron chi connectivity index (χ0n) is 17.8. The normalized spacial score (nSPS) is 18.1. The van der Waals surface area contributed by atoms with Crippen LogP contribution in [0.5, 0.6) is 11.5 Å². The van der Waals surface area contributed by atoms with Crippen molar-refractivity contribution in [3.05, 3.63) is 60.0 Å². The maximum absolute atomic E-state index is 10.7. The van der Waals surface area contributed by atoms with Crippen LogP contribution in [0.1, 0.15) is 30.1 Å². The Bertz CT molecular complexity index is 1030. The summed E-state index contributed by atoms with van der Waals surface area (Å²) in [5.74, 6) is 1.85. The summed E-state index contributed by atoms with van der Waals surface area (Å²) in [5.41, 5.74) is 4.14. The maximum atomic E-state index is 10.7. The van der Waals surface area contributed by atoms with Crippen LogP contribution in [0, 0.1) is 5.92 Å². The van der Waals surface area contributed by atoms with Gasteiger partial charge in [-0.3, -0.25) is 14.6 Å². The van der Waals surface area contributed by atoms with Crippen molar-refractivity contribution in [2.24, 2.45) is 13.0 Å². The molecule has 162 valence electrons. The van der Waals surface area contributed by atoms with E-state index in [1.54, 1.807) is 12.4 Å². The van der Waals surface area contributed by atoms with Crippen LogP contribution in [0.4, 0.5) is 0 Å². The fourth-order valence-electron chi connectivity index (χ4n) is 4.58. The largest absolute Gasteiger partial charge is 0.486 e. The Labute approximate surface area is 182 Å². The molecule has 0 aliphatic carbocycles. The molecule has 7 nitrogen and oxygen atoms in total. The molecular weight excluding hydrogens is 392 g/mol. The number of likely N-dealkylation sites (tertiary alicyclic amines) is 1. The third-order valence-electron chi connectivity index (χ3n) is 6.22. The van der Waals surface area contributed by atoms with Crippen molar-refractivity contribution in [2.75, 3.05) is 26.3 Å². The summed E-state index contributed by atoms with van der Waals surface area (Å²) < 4.78 is 13.3. The van der Waals surface area contributed by atoms with Crippen molar-refractivity contribution in [1.29, 1.82) is 0 Å². The first-order valence-corrected chi connectivity index (χ1v) is 10.9. The zero-order chi connectivity index (χ0) is 21.2.